The van der Waals surface area contributed by atoms with Gasteiger partial charge in [0.05, 0.1) is 24.8 Å². The molecule has 22 heavy (non-hydrogen) atoms. The molecule has 1 aliphatic heterocycles. The van der Waals surface area contributed by atoms with Gasteiger partial charge in [0.25, 0.3) is 0 Å². The van der Waals surface area contributed by atoms with Gasteiger partial charge in [-0.15, -0.1) is 0 Å². The van der Waals surface area contributed by atoms with E-state index >= 15 is 0 Å². The number of carbonyl (C=O) groups is 1. The monoisotopic (exact) mass is 319 g/mol. The Morgan fingerprint density at radius 1 is 1.32 bits per heavy atom. The molecule has 0 amide bonds. The fourth-order valence-electron chi connectivity index (χ4n) is 3.10. The van der Waals surface area contributed by atoms with Gasteiger partial charge in [-0.3, -0.25) is 9.78 Å². The Bertz CT molecular complexity index is 548. The topological polar surface area (TPSA) is 55.3 Å². The number of fused-ring (bicyclic) bond motifs is 1. The van der Waals surface area contributed by atoms with Gasteiger partial charge in [0.15, 0.2) is 0 Å². The van der Waals surface area contributed by atoms with Gasteiger partial charge in [-0.1, -0.05) is 23.9 Å². The highest BCUT2D eigenvalue weighted by molar-refractivity contribution is 7.99. The summed E-state index contributed by atoms with van der Waals surface area (Å²) < 4.78 is 4.93. The second-order valence-corrected chi connectivity index (χ2v) is 6.67. The van der Waals surface area contributed by atoms with Crippen molar-refractivity contribution in [2.45, 2.75) is 24.8 Å². The number of rotatable bonds is 5. The Morgan fingerprint density at radius 2 is 2.05 bits per heavy atom. The molecule has 1 aromatic heterocycles. The first-order chi connectivity index (χ1) is 10.8. The van der Waals surface area contributed by atoms with E-state index in [4.69, 9.17) is 4.74 Å². The Morgan fingerprint density at radius 3 is 2.73 bits per heavy atom. The lowest BCUT2D eigenvalue weighted by molar-refractivity contribution is -0.139. The number of hydrogen-bond donors (Lipinski definition) is 0. The van der Waals surface area contributed by atoms with Crippen molar-refractivity contribution in [1.29, 1.82) is 0 Å². The molecule has 0 radical (unpaired) electrons. The molecule has 2 atom stereocenters. The smallest absolute Gasteiger partial charge is 0.316 e. The van der Waals surface area contributed by atoms with E-state index in [1.54, 1.807) is 6.20 Å². The molecular formula is C16H21N3O2S. The second-order valence-electron chi connectivity index (χ2n) is 5.68. The molecule has 2 unspecified atom stereocenters. The predicted octanol–water partition coefficient (Wildman–Crippen LogP) is 2.53. The van der Waals surface area contributed by atoms with Crippen LogP contribution in [0.4, 0.5) is 5.82 Å². The zero-order valence-corrected chi connectivity index (χ0v) is 13.6. The van der Waals surface area contributed by atoms with E-state index in [1.165, 1.54) is 24.6 Å². The number of hydrogen-bond acceptors (Lipinski definition) is 6. The highest BCUT2D eigenvalue weighted by Crippen LogP contribution is 2.34. The highest BCUT2D eigenvalue weighted by atomic mass is 32.2. The normalized spacial score (nSPS) is 23.4. The van der Waals surface area contributed by atoms with Crippen molar-refractivity contribution >= 4 is 23.5 Å². The van der Waals surface area contributed by atoms with E-state index in [9.17, 15) is 4.79 Å². The standard InChI is InChI=1S/C16H21N3O2S/c1-2-21-16(20)11-22-15-8-17-7-14(18-15)19-9-12-5-3-4-6-13(12)10-19/h3-4,7-8,12-13H,2,5-6,9-11H2,1H3. The Labute approximate surface area is 135 Å². The van der Waals surface area contributed by atoms with E-state index in [-0.39, 0.29) is 11.7 Å². The largest absolute Gasteiger partial charge is 0.465 e. The quantitative estimate of drug-likeness (QED) is 0.472. The summed E-state index contributed by atoms with van der Waals surface area (Å²) in [5.74, 6) is 2.47. The number of nitrogens with zero attached hydrogens (tertiary/aromatic N) is 3. The number of thioether (sulfide) groups is 1. The SMILES string of the molecule is CCOC(=O)CSc1cncc(N2CC3CC=CCC3C2)n1. The summed E-state index contributed by atoms with van der Waals surface area (Å²) in [6.07, 6.45) is 10.5. The summed E-state index contributed by atoms with van der Waals surface area (Å²) in [7, 11) is 0. The van der Waals surface area contributed by atoms with Crippen LogP contribution >= 0.6 is 11.8 Å². The molecule has 1 aromatic rings. The van der Waals surface area contributed by atoms with Gasteiger partial charge in [0.1, 0.15) is 10.8 Å². The van der Waals surface area contributed by atoms with E-state index < -0.39 is 0 Å². The number of anilines is 1. The summed E-state index contributed by atoms with van der Waals surface area (Å²) in [6, 6.07) is 0. The molecule has 1 aliphatic carbocycles. The average molecular weight is 319 g/mol. The van der Waals surface area contributed by atoms with Gasteiger partial charge < -0.3 is 9.64 Å². The third-order valence-electron chi connectivity index (χ3n) is 4.19. The van der Waals surface area contributed by atoms with Gasteiger partial charge in [0.2, 0.25) is 0 Å². The molecule has 3 rings (SSSR count). The van der Waals surface area contributed by atoms with Crippen LogP contribution < -0.4 is 4.90 Å². The van der Waals surface area contributed by atoms with Crippen molar-refractivity contribution in [3.8, 4) is 0 Å². The van der Waals surface area contributed by atoms with Crippen LogP contribution in [0.25, 0.3) is 0 Å². The molecular weight excluding hydrogens is 298 g/mol. The Hall–Kier alpha value is -1.56. The summed E-state index contributed by atoms with van der Waals surface area (Å²) in [6.45, 7) is 4.33. The lowest BCUT2D eigenvalue weighted by Gasteiger charge is -2.17. The predicted molar refractivity (Wildman–Crippen MR) is 87.0 cm³/mol. The molecule has 2 aliphatic rings. The molecule has 0 saturated carbocycles. The molecule has 5 nitrogen and oxygen atoms in total. The van der Waals surface area contributed by atoms with E-state index in [1.807, 2.05) is 13.1 Å². The van der Waals surface area contributed by atoms with E-state index in [0.29, 0.717) is 6.61 Å². The number of esters is 1. The van der Waals surface area contributed by atoms with Crippen LogP contribution in [0.15, 0.2) is 29.6 Å². The van der Waals surface area contributed by atoms with Crippen molar-refractivity contribution < 1.29 is 9.53 Å². The second kappa shape index (κ2) is 7.13. The lowest BCUT2D eigenvalue weighted by atomic mass is 9.86. The van der Waals surface area contributed by atoms with Gasteiger partial charge in [-0.2, -0.15) is 0 Å². The molecule has 0 N–H and O–H groups in total. The van der Waals surface area contributed by atoms with Crippen molar-refractivity contribution in [2.75, 3.05) is 30.3 Å². The molecule has 2 heterocycles. The zero-order chi connectivity index (χ0) is 15.4. The van der Waals surface area contributed by atoms with Crippen LogP contribution in [0, 0.1) is 11.8 Å². The maximum absolute atomic E-state index is 11.4. The van der Waals surface area contributed by atoms with Crippen LogP contribution in [0.1, 0.15) is 19.8 Å². The number of carbonyl (C=O) groups excluding carboxylic acids is 1. The molecule has 1 fully saturated rings. The zero-order valence-electron chi connectivity index (χ0n) is 12.8. The fraction of sp³-hybridized carbons (Fsp3) is 0.562. The van der Waals surface area contributed by atoms with Crippen LogP contribution in [0.2, 0.25) is 0 Å². The van der Waals surface area contributed by atoms with Crippen LogP contribution in [-0.4, -0.2) is 41.4 Å². The minimum Gasteiger partial charge on any atom is -0.465 e. The minimum absolute atomic E-state index is 0.210. The van der Waals surface area contributed by atoms with Crippen molar-refractivity contribution in [1.82, 2.24) is 9.97 Å². The van der Waals surface area contributed by atoms with Crippen molar-refractivity contribution in [3.05, 3.63) is 24.5 Å². The maximum Gasteiger partial charge on any atom is 0.316 e. The maximum atomic E-state index is 11.4. The number of ether oxygens (including phenoxy) is 1. The summed E-state index contributed by atoms with van der Waals surface area (Å²) >= 11 is 1.38. The molecule has 0 aromatic carbocycles. The fourth-order valence-corrected chi connectivity index (χ4v) is 3.74. The number of aromatic nitrogens is 2. The first-order valence-electron chi connectivity index (χ1n) is 7.76. The Balaban J connectivity index is 1.61. The lowest BCUT2D eigenvalue weighted by Crippen LogP contribution is -2.21. The Kier molecular flexibility index (Phi) is 4.97. The van der Waals surface area contributed by atoms with E-state index in [2.05, 4.69) is 27.0 Å². The van der Waals surface area contributed by atoms with Gasteiger partial charge in [-0.05, 0) is 31.6 Å². The number of allylic oxidation sites excluding steroid dienone is 2. The van der Waals surface area contributed by atoms with Crippen molar-refractivity contribution in [2.24, 2.45) is 11.8 Å². The first kappa shape index (κ1) is 15.3. The van der Waals surface area contributed by atoms with Crippen LogP contribution in [0.3, 0.4) is 0 Å². The van der Waals surface area contributed by atoms with Gasteiger partial charge in [-0.25, -0.2) is 4.98 Å². The average Bonchev–Trinajstić information content (AvgIpc) is 2.98. The minimum atomic E-state index is -0.210. The van der Waals surface area contributed by atoms with E-state index in [0.717, 1.165) is 35.8 Å². The third kappa shape index (κ3) is 3.61. The van der Waals surface area contributed by atoms with Crippen LogP contribution in [-0.2, 0) is 9.53 Å². The summed E-state index contributed by atoms with van der Waals surface area (Å²) in [4.78, 5) is 22.7. The highest BCUT2D eigenvalue weighted by Gasteiger charge is 2.33. The molecule has 1 saturated heterocycles. The molecule has 0 spiro atoms. The molecule has 118 valence electrons. The summed E-state index contributed by atoms with van der Waals surface area (Å²) in [5, 5.41) is 0.776. The third-order valence-corrected chi connectivity index (χ3v) is 5.06. The molecule has 0 bridgehead atoms. The van der Waals surface area contributed by atoms with Gasteiger partial charge >= 0.3 is 5.97 Å². The molecule has 6 heteroatoms. The first-order valence-corrected chi connectivity index (χ1v) is 8.75. The summed E-state index contributed by atoms with van der Waals surface area (Å²) in [5.41, 5.74) is 0. The van der Waals surface area contributed by atoms with Crippen molar-refractivity contribution in [3.63, 3.8) is 0 Å². The van der Waals surface area contributed by atoms with Crippen LogP contribution in [0.5, 0.6) is 0 Å². The van der Waals surface area contributed by atoms with Gasteiger partial charge in [0, 0.05) is 13.1 Å².